The molecule has 0 bridgehead atoms. The summed E-state index contributed by atoms with van der Waals surface area (Å²) >= 11 is 0. The molecule has 1 aromatic heterocycles. The summed E-state index contributed by atoms with van der Waals surface area (Å²) in [6.45, 7) is 3.88. The maximum Gasteiger partial charge on any atom is 0.0726 e. The van der Waals surface area contributed by atoms with Crippen LogP contribution in [0.5, 0.6) is 0 Å². The van der Waals surface area contributed by atoms with Gasteiger partial charge in [0.2, 0.25) is 0 Å². The van der Waals surface area contributed by atoms with E-state index in [9.17, 15) is 0 Å². The topological polar surface area (TPSA) is 55.9 Å². The molecule has 80 valence electrons. The lowest BCUT2D eigenvalue weighted by Gasteiger charge is -2.13. The molecular formula is C10H20N4. The molecule has 0 aliphatic heterocycles. The number of nitrogens with one attached hydrogen (secondary N) is 1. The summed E-state index contributed by atoms with van der Waals surface area (Å²) in [5.74, 6) is 0.570. The molecule has 0 spiro atoms. The highest BCUT2D eigenvalue weighted by molar-refractivity contribution is 5.37. The first-order valence-electron chi connectivity index (χ1n) is 5.18. The van der Waals surface area contributed by atoms with Crippen LogP contribution in [-0.2, 0) is 7.05 Å². The first kappa shape index (κ1) is 11.0. The van der Waals surface area contributed by atoms with Crippen LogP contribution in [0.4, 0.5) is 5.69 Å². The molecule has 1 unspecified atom stereocenters. The Balaban J connectivity index is 2.31. The van der Waals surface area contributed by atoms with Crippen LogP contribution < -0.4 is 11.1 Å². The van der Waals surface area contributed by atoms with Gasteiger partial charge >= 0.3 is 0 Å². The first-order valence-corrected chi connectivity index (χ1v) is 5.18. The van der Waals surface area contributed by atoms with Gasteiger partial charge in [0.1, 0.15) is 0 Å². The Hall–Kier alpha value is -1.03. The molecule has 0 aliphatic rings. The fourth-order valence-corrected chi connectivity index (χ4v) is 1.49. The third-order valence-corrected chi connectivity index (χ3v) is 2.33. The molecule has 0 radical (unpaired) electrons. The van der Waals surface area contributed by atoms with Crippen molar-refractivity contribution >= 4 is 5.69 Å². The zero-order valence-electron chi connectivity index (χ0n) is 9.03. The highest BCUT2D eigenvalue weighted by atomic mass is 15.3. The van der Waals surface area contributed by atoms with Crippen molar-refractivity contribution in [3.8, 4) is 0 Å². The third-order valence-electron chi connectivity index (χ3n) is 2.33. The van der Waals surface area contributed by atoms with Crippen molar-refractivity contribution in [3.63, 3.8) is 0 Å². The lowest BCUT2D eigenvalue weighted by molar-refractivity contribution is 0.514. The van der Waals surface area contributed by atoms with E-state index in [0.29, 0.717) is 5.92 Å². The minimum atomic E-state index is 0.570. The van der Waals surface area contributed by atoms with Gasteiger partial charge in [-0.25, -0.2) is 0 Å². The van der Waals surface area contributed by atoms with E-state index in [1.54, 1.807) is 4.68 Å². The Labute approximate surface area is 85.5 Å². The Kier molecular flexibility index (Phi) is 4.46. The summed E-state index contributed by atoms with van der Waals surface area (Å²) in [5, 5.41) is 7.43. The second-order valence-electron chi connectivity index (χ2n) is 3.67. The molecule has 1 atom stereocenters. The van der Waals surface area contributed by atoms with Crippen LogP contribution in [0, 0.1) is 5.92 Å². The summed E-state index contributed by atoms with van der Waals surface area (Å²) in [6, 6.07) is 0. The molecule has 1 rings (SSSR count). The molecule has 0 fully saturated rings. The summed E-state index contributed by atoms with van der Waals surface area (Å²) in [6.07, 6.45) is 6.18. The van der Waals surface area contributed by atoms with Crippen LogP contribution in [0.3, 0.4) is 0 Å². The van der Waals surface area contributed by atoms with Gasteiger partial charge in [-0.05, 0) is 18.9 Å². The van der Waals surface area contributed by atoms with Crippen LogP contribution in [0.15, 0.2) is 12.4 Å². The Morgan fingerprint density at radius 2 is 2.43 bits per heavy atom. The van der Waals surface area contributed by atoms with E-state index >= 15 is 0 Å². The molecule has 0 aliphatic carbocycles. The van der Waals surface area contributed by atoms with Crippen molar-refractivity contribution < 1.29 is 0 Å². The number of hydrogen-bond donors (Lipinski definition) is 2. The minimum absolute atomic E-state index is 0.570. The number of aromatic nitrogens is 2. The molecule has 0 amide bonds. The van der Waals surface area contributed by atoms with Crippen LogP contribution >= 0.6 is 0 Å². The predicted molar refractivity (Wildman–Crippen MR) is 59.2 cm³/mol. The summed E-state index contributed by atoms with van der Waals surface area (Å²) < 4.78 is 1.79. The maximum absolute atomic E-state index is 5.67. The van der Waals surface area contributed by atoms with Gasteiger partial charge in [-0.3, -0.25) is 4.68 Å². The van der Waals surface area contributed by atoms with Gasteiger partial charge in [-0.2, -0.15) is 5.10 Å². The average molecular weight is 196 g/mol. The van der Waals surface area contributed by atoms with Crippen molar-refractivity contribution in [2.24, 2.45) is 18.7 Å². The SMILES string of the molecule is CCCC(CN)CNc1cnn(C)c1. The molecule has 3 N–H and O–H groups in total. The van der Waals surface area contributed by atoms with Crippen LogP contribution in [0.1, 0.15) is 19.8 Å². The van der Waals surface area contributed by atoms with Gasteiger partial charge in [0.25, 0.3) is 0 Å². The largest absolute Gasteiger partial charge is 0.382 e. The zero-order chi connectivity index (χ0) is 10.4. The normalized spacial score (nSPS) is 12.8. The molecule has 0 saturated carbocycles. The second kappa shape index (κ2) is 5.65. The predicted octanol–water partition coefficient (Wildman–Crippen LogP) is 1.21. The van der Waals surface area contributed by atoms with Gasteiger partial charge in [-0.1, -0.05) is 13.3 Å². The number of hydrogen-bond acceptors (Lipinski definition) is 3. The minimum Gasteiger partial charge on any atom is -0.382 e. The van der Waals surface area contributed by atoms with E-state index in [-0.39, 0.29) is 0 Å². The van der Waals surface area contributed by atoms with E-state index in [2.05, 4.69) is 17.3 Å². The fraction of sp³-hybridized carbons (Fsp3) is 0.700. The number of nitrogens with zero attached hydrogens (tertiary/aromatic N) is 2. The lowest BCUT2D eigenvalue weighted by Crippen LogP contribution is -2.22. The van der Waals surface area contributed by atoms with Crippen molar-refractivity contribution in [1.82, 2.24) is 9.78 Å². The van der Waals surface area contributed by atoms with Crippen LogP contribution in [-0.4, -0.2) is 22.9 Å². The van der Waals surface area contributed by atoms with Crippen LogP contribution in [0.25, 0.3) is 0 Å². The number of anilines is 1. The molecule has 14 heavy (non-hydrogen) atoms. The van der Waals surface area contributed by atoms with E-state index < -0.39 is 0 Å². The average Bonchev–Trinajstić information content (AvgIpc) is 2.59. The van der Waals surface area contributed by atoms with E-state index in [4.69, 9.17) is 5.73 Å². The van der Waals surface area contributed by atoms with Gasteiger partial charge in [0.05, 0.1) is 11.9 Å². The van der Waals surface area contributed by atoms with Crippen molar-refractivity contribution in [2.45, 2.75) is 19.8 Å². The third kappa shape index (κ3) is 3.38. The summed E-state index contributed by atoms with van der Waals surface area (Å²) in [4.78, 5) is 0. The van der Waals surface area contributed by atoms with E-state index in [0.717, 1.165) is 18.8 Å². The lowest BCUT2D eigenvalue weighted by atomic mass is 10.0. The Morgan fingerprint density at radius 3 is 2.93 bits per heavy atom. The molecule has 1 heterocycles. The number of rotatable bonds is 6. The standard InChI is InChI=1S/C10H20N4/c1-3-4-9(5-11)6-12-10-7-13-14(2)8-10/h7-9,12H,3-6,11H2,1-2H3. The molecule has 4 heteroatoms. The maximum atomic E-state index is 5.67. The highest BCUT2D eigenvalue weighted by Crippen LogP contribution is 2.08. The molecule has 0 aromatic carbocycles. The summed E-state index contributed by atoms with van der Waals surface area (Å²) in [7, 11) is 1.91. The number of aryl methyl sites for hydroxylation is 1. The van der Waals surface area contributed by atoms with Gasteiger partial charge in [0, 0.05) is 19.8 Å². The quantitative estimate of drug-likeness (QED) is 0.719. The summed E-state index contributed by atoms with van der Waals surface area (Å²) in [5.41, 5.74) is 6.74. The first-order chi connectivity index (χ1) is 6.76. The monoisotopic (exact) mass is 196 g/mol. The Morgan fingerprint density at radius 1 is 1.64 bits per heavy atom. The van der Waals surface area contributed by atoms with Crippen molar-refractivity contribution in [2.75, 3.05) is 18.4 Å². The van der Waals surface area contributed by atoms with Crippen molar-refractivity contribution in [1.29, 1.82) is 0 Å². The van der Waals surface area contributed by atoms with Crippen LogP contribution in [0.2, 0.25) is 0 Å². The van der Waals surface area contributed by atoms with Gasteiger partial charge in [-0.15, -0.1) is 0 Å². The number of nitrogens with two attached hydrogens (primary N) is 1. The molecule has 0 saturated heterocycles. The molecule has 4 nitrogen and oxygen atoms in total. The van der Waals surface area contributed by atoms with Crippen molar-refractivity contribution in [3.05, 3.63) is 12.4 Å². The van der Waals surface area contributed by atoms with E-state index in [1.165, 1.54) is 12.8 Å². The van der Waals surface area contributed by atoms with E-state index in [1.807, 2.05) is 19.4 Å². The fourth-order valence-electron chi connectivity index (χ4n) is 1.49. The van der Waals surface area contributed by atoms with Gasteiger partial charge in [0.15, 0.2) is 0 Å². The Bertz CT molecular complexity index is 256. The smallest absolute Gasteiger partial charge is 0.0726 e. The molecular weight excluding hydrogens is 176 g/mol. The van der Waals surface area contributed by atoms with Gasteiger partial charge < -0.3 is 11.1 Å². The second-order valence-corrected chi connectivity index (χ2v) is 3.67. The highest BCUT2D eigenvalue weighted by Gasteiger charge is 2.05. The molecule has 1 aromatic rings. The zero-order valence-corrected chi connectivity index (χ0v) is 9.03.